The van der Waals surface area contributed by atoms with Crippen LogP contribution in [0.2, 0.25) is 0 Å². The molecular formula is C12H11N3O. The van der Waals surface area contributed by atoms with Gasteiger partial charge in [-0.2, -0.15) is 0 Å². The average molecular weight is 213 g/mol. The Hall–Kier alpha value is -2.23. The van der Waals surface area contributed by atoms with E-state index in [0.717, 1.165) is 11.3 Å². The van der Waals surface area contributed by atoms with Gasteiger partial charge in [-0.3, -0.25) is 4.79 Å². The highest BCUT2D eigenvalue weighted by molar-refractivity contribution is 5.95. The summed E-state index contributed by atoms with van der Waals surface area (Å²) in [6, 6.07) is 8.96. The number of nitrogens with zero attached hydrogens (tertiary/aromatic N) is 2. The molecule has 0 amide bonds. The predicted octanol–water partition coefficient (Wildman–Crippen LogP) is 1.93. The van der Waals surface area contributed by atoms with Gasteiger partial charge in [0.15, 0.2) is 5.78 Å². The maximum atomic E-state index is 11.2. The number of benzene rings is 1. The number of hydrogen-bond acceptors (Lipinski definition) is 4. The molecule has 1 aromatic heterocycles. The number of carbonyl (C=O) groups excluding carboxylic acids is 1. The molecule has 0 unspecified atom stereocenters. The summed E-state index contributed by atoms with van der Waals surface area (Å²) < 4.78 is 0. The van der Waals surface area contributed by atoms with Crippen LogP contribution in [0.15, 0.2) is 36.7 Å². The van der Waals surface area contributed by atoms with E-state index in [1.54, 1.807) is 18.2 Å². The van der Waals surface area contributed by atoms with Crippen molar-refractivity contribution in [3.05, 3.63) is 42.2 Å². The van der Waals surface area contributed by atoms with Crippen molar-refractivity contribution in [2.75, 3.05) is 5.73 Å². The van der Waals surface area contributed by atoms with Gasteiger partial charge in [0, 0.05) is 17.2 Å². The maximum Gasteiger partial charge on any atom is 0.159 e. The molecule has 0 bridgehead atoms. The summed E-state index contributed by atoms with van der Waals surface area (Å²) in [4.78, 5) is 19.2. The van der Waals surface area contributed by atoms with Gasteiger partial charge in [-0.1, -0.05) is 18.2 Å². The lowest BCUT2D eigenvalue weighted by atomic mass is 10.1. The molecule has 2 N–H and O–H groups in total. The molecule has 1 aromatic carbocycles. The Kier molecular flexibility index (Phi) is 2.64. The zero-order chi connectivity index (χ0) is 11.5. The van der Waals surface area contributed by atoms with Crippen molar-refractivity contribution in [2.24, 2.45) is 0 Å². The molecule has 0 atom stereocenters. The molecule has 0 saturated heterocycles. The monoisotopic (exact) mass is 213 g/mol. The van der Waals surface area contributed by atoms with E-state index >= 15 is 0 Å². The normalized spacial score (nSPS) is 10.1. The molecule has 0 spiro atoms. The molecule has 0 aliphatic carbocycles. The largest absolute Gasteiger partial charge is 0.384 e. The van der Waals surface area contributed by atoms with Gasteiger partial charge in [0.2, 0.25) is 0 Å². The molecule has 0 saturated carbocycles. The Morgan fingerprint density at radius 1 is 1.25 bits per heavy atom. The van der Waals surface area contributed by atoms with Crippen molar-refractivity contribution in [3.63, 3.8) is 0 Å². The molecule has 0 aliphatic rings. The summed E-state index contributed by atoms with van der Waals surface area (Å²) in [6.45, 7) is 1.54. The van der Waals surface area contributed by atoms with Crippen LogP contribution in [-0.4, -0.2) is 15.8 Å². The Labute approximate surface area is 93.2 Å². The molecule has 4 nitrogen and oxygen atoms in total. The second-order valence-electron chi connectivity index (χ2n) is 3.47. The van der Waals surface area contributed by atoms with Crippen LogP contribution in [0.5, 0.6) is 0 Å². The highest BCUT2D eigenvalue weighted by Gasteiger charge is 2.03. The Morgan fingerprint density at radius 2 is 2.06 bits per heavy atom. The molecule has 16 heavy (non-hydrogen) atoms. The van der Waals surface area contributed by atoms with E-state index in [9.17, 15) is 4.79 Å². The fourth-order valence-electron chi connectivity index (χ4n) is 1.43. The lowest BCUT2D eigenvalue weighted by molar-refractivity contribution is 0.101. The van der Waals surface area contributed by atoms with Gasteiger partial charge in [-0.25, -0.2) is 9.97 Å². The fraction of sp³-hybridized carbons (Fsp3) is 0.0833. The van der Waals surface area contributed by atoms with Crippen LogP contribution in [0.3, 0.4) is 0 Å². The van der Waals surface area contributed by atoms with Crippen molar-refractivity contribution >= 4 is 11.6 Å². The van der Waals surface area contributed by atoms with Crippen LogP contribution in [0.4, 0.5) is 5.82 Å². The molecular weight excluding hydrogens is 202 g/mol. The lowest BCUT2D eigenvalue weighted by Gasteiger charge is -2.02. The van der Waals surface area contributed by atoms with Gasteiger partial charge in [-0.05, 0) is 13.0 Å². The summed E-state index contributed by atoms with van der Waals surface area (Å²) in [6.07, 6.45) is 1.41. The van der Waals surface area contributed by atoms with E-state index in [4.69, 9.17) is 5.73 Å². The minimum atomic E-state index is 0.0314. The van der Waals surface area contributed by atoms with E-state index in [1.165, 1.54) is 13.3 Å². The number of carbonyl (C=O) groups is 1. The third-order valence-electron chi connectivity index (χ3n) is 2.25. The van der Waals surface area contributed by atoms with Crippen LogP contribution in [0, 0.1) is 0 Å². The van der Waals surface area contributed by atoms with Gasteiger partial charge in [-0.15, -0.1) is 0 Å². The molecule has 2 aromatic rings. The van der Waals surface area contributed by atoms with Crippen LogP contribution in [0.25, 0.3) is 11.3 Å². The van der Waals surface area contributed by atoms with E-state index in [2.05, 4.69) is 9.97 Å². The first-order valence-electron chi connectivity index (χ1n) is 4.86. The van der Waals surface area contributed by atoms with Gasteiger partial charge < -0.3 is 5.73 Å². The molecule has 0 fully saturated rings. The minimum Gasteiger partial charge on any atom is -0.384 e. The van der Waals surface area contributed by atoms with E-state index in [-0.39, 0.29) is 5.78 Å². The van der Waals surface area contributed by atoms with Crippen molar-refractivity contribution in [2.45, 2.75) is 6.92 Å². The summed E-state index contributed by atoms with van der Waals surface area (Å²) in [5.74, 6) is 0.446. The minimum absolute atomic E-state index is 0.0314. The Morgan fingerprint density at radius 3 is 2.75 bits per heavy atom. The topological polar surface area (TPSA) is 68.9 Å². The molecule has 4 heteroatoms. The van der Waals surface area contributed by atoms with Crippen molar-refractivity contribution in [1.82, 2.24) is 9.97 Å². The van der Waals surface area contributed by atoms with Gasteiger partial charge >= 0.3 is 0 Å². The van der Waals surface area contributed by atoms with E-state index in [0.29, 0.717) is 11.4 Å². The predicted molar refractivity (Wildman–Crippen MR) is 61.9 cm³/mol. The van der Waals surface area contributed by atoms with Crippen LogP contribution >= 0.6 is 0 Å². The molecule has 0 radical (unpaired) electrons. The average Bonchev–Trinajstić information content (AvgIpc) is 2.29. The number of hydrogen-bond donors (Lipinski definition) is 1. The number of aromatic nitrogens is 2. The summed E-state index contributed by atoms with van der Waals surface area (Å²) in [5.41, 5.74) is 7.82. The fourth-order valence-corrected chi connectivity index (χ4v) is 1.43. The van der Waals surface area contributed by atoms with Gasteiger partial charge in [0.05, 0.1) is 5.69 Å². The van der Waals surface area contributed by atoms with Crippen molar-refractivity contribution < 1.29 is 4.79 Å². The summed E-state index contributed by atoms with van der Waals surface area (Å²) >= 11 is 0. The number of nitrogen functional groups attached to an aromatic ring is 1. The van der Waals surface area contributed by atoms with Gasteiger partial charge in [0.25, 0.3) is 0 Å². The highest BCUT2D eigenvalue weighted by Crippen LogP contribution is 2.19. The summed E-state index contributed by atoms with van der Waals surface area (Å²) in [7, 11) is 0. The third-order valence-corrected chi connectivity index (χ3v) is 2.25. The Balaban J connectivity index is 2.48. The first kappa shape index (κ1) is 10.3. The SMILES string of the molecule is CC(=O)c1cccc(-c2cc(N)ncn2)c1. The lowest BCUT2D eigenvalue weighted by Crippen LogP contribution is -1.95. The standard InChI is InChI=1S/C12H11N3O/c1-8(16)9-3-2-4-10(5-9)11-6-12(13)15-7-14-11/h2-7H,1H3,(H2,13,14,15). The van der Waals surface area contributed by atoms with Crippen LogP contribution in [-0.2, 0) is 0 Å². The zero-order valence-corrected chi connectivity index (χ0v) is 8.84. The van der Waals surface area contributed by atoms with E-state index < -0.39 is 0 Å². The van der Waals surface area contributed by atoms with Crippen LogP contribution < -0.4 is 5.73 Å². The number of ketones is 1. The van der Waals surface area contributed by atoms with Crippen molar-refractivity contribution in [3.8, 4) is 11.3 Å². The molecule has 2 rings (SSSR count). The second-order valence-corrected chi connectivity index (χ2v) is 3.47. The highest BCUT2D eigenvalue weighted by atomic mass is 16.1. The van der Waals surface area contributed by atoms with Gasteiger partial charge in [0.1, 0.15) is 12.1 Å². The third kappa shape index (κ3) is 2.06. The Bertz CT molecular complexity index is 537. The molecule has 0 aliphatic heterocycles. The number of rotatable bonds is 2. The molecule has 80 valence electrons. The first-order chi connectivity index (χ1) is 7.66. The van der Waals surface area contributed by atoms with Crippen LogP contribution in [0.1, 0.15) is 17.3 Å². The second kappa shape index (κ2) is 4.10. The van der Waals surface area contributed by atoms with Crippen molar-refractivity contribution in [1.29, 1.82) is 0 Å². The quantitative estimate of drug-likeness (QED) is 0.774. The number of Topliss-reactive ketones (excluding diaryl/α,β-unsaturated/α-hetero) is 1. The number of anilines is 1. The first-order valence-corrected chi connectivity index (χ1v) is 4.86. The van der Waals surface area contributed by atoms with E-state index in [1.807, 2.05) is 12.1 Å². The number of nitrogens with two attached hydrogens (primary N) is 1. The zero-order valence-electron chi connectivity index (χ0n) is 8.84. The smallest absolute Gasteiger partial charge is 0.159 e. The molecule has 1 heterocycles. The maximum absolute atomic E-state index is 11.2. The summed E-state index contributed by atoms with van der Waals surface area (Å²) in [5, 5.41) is 0.